The van der Waals surface area contributed by atoms with Crippen LogP contribution < -0.4 is 28.5 Å². The molecule has 0 radical (unpaired) electrons. The summed E-state index contributed by atoms with van der Waals surface area (Å²) in [4.78, 5) is 12.6. The summed E-state index contributed by atoms with van der Waals surface area (Å²) in [5.74, 6) is 0.665. The summed E-state index contributed by atoms with van der Waals surface area (Å²) in [6, 6.07) is 22.2. The zero-order chi connectivity index (χ0) is 28.8. The average molecular weight is 585 g/mol. The van der Waals surface area contributed by atoms with E-state index in [1.807, 2.05) is 0 Å². The number of carbonyl (C=O) groups excluding carboxylic acids is 1. The molecule has 0 fully saturated rings. The highest BCUT2D eigenvalue weighted by molar-refractivity contribution is 7.87. The second-order valence-electron chi connectivity index (χ2n) is 8.00. The first-order valence-electron chi connectivity index (χ1n) is 11.5. The molecule has 0 unspecified atom stereocenters. The van der Waals surface area contributed by atoms with Crippen LogP contribution >= 0.6 is 0 Å². The number of urea groups is 1. The highest BCUT2D eigenvalue weighted by atomic mass is 32.2. The monoisotopic (exact) mass is 584 g/mol. The number of carbonyl (C=O) groups is 1. The second-order valence-corrected chi connectivity index (χ2v) is 11.1. The number of hydrogen-bond donors (Lipinski definition) is 2. The Morgan fingerprint density at radius 2 is 0.900 bits per heavy atom. The number of hydrogen-bond acceptors (Lipinski definition) is 9. The van der Waals surface area contributed by atoms with Crippen LogP contribution in [0.3, 0.4) is 0 Å². The molecule has 2 N–H and O–H groups in total. The van der Waals surface area contributed by atoms with Crippen molar-refractivity contribution in [2.45, 2.75) is 9.79 Å². The van der Waals surface area contributed by atoms with Crippen LogP contribution in [0.2, 0.25) is 0 Å². The Bertz CT molecular complexity index is 1580. The largest absolute Gasteiger partial charge is 0.497 e. The van der Waals surface area contributed by atoms with Crippen molar-refractivity contribution in [3.63, 3.8) is 0 Å². The standard InChI is InChI=1S/C27H24N2O9S2/c1-35-19-11-15-21(16-12-19)39(31,32)37-25-9-5-3-7-23(25)28-27(30)29-24-8-4-6-10-26(24)38-40(33,34)22-17-13-20(36-2)14-18-22/h3-18H,1-2H3,(H2,28,29,30). The van der Waals surface area contributed by atoms with Crippen molar-refractivity contribution < 1.29 is 39.5 Å². The molecule has 0 saturated carbocycles. The van der Waals surface area contributed by atoms with Crippen molar-refractivity contribution in [2.24, 2.45) is 0 Å². The van der Waals surface area contributed by atoms with E-state index >= 15 is 0 Å². The van der Waals surface area contributed by atoms with Gasteiger partial charge in [0.1, 0.15) is 21.3 Å². The quantitative estimate of drug-likeness (QED) is 0.249. The summed E-state index contributed by atoms with van der Waals surface area (Å²) >= 11 is 0. The van der Waals surface area contributed by atoms with Crippen LogP contribution in [0.1, 0.15) is 0 Å². The maximum absolute atomic E-state index is 12.8. The van der Waals surface area contributed by atoms with E-state index in [4.69, 9.17) is 17.8 Å². The van der Waals surface area contributed by atoms with E-state index in [0.717, 1.165) is 0 Å². The van der Waals surface area contributed by atoms with Gasteiger partial charge in [0.25, 0.3) is 0 Å². The van der Waals surface area contributed by atoms with Crippen LogP contribution in [0.4, 0.5) is 16.2 Å². The minimum atomic E-state index is -4.24. The van der Waals surface area contributed by atoms with Crippen molar-refractivity contribution in [2.75, 3.05) is 24.9 Å². The predicted octanol–water partition coefficient (Wildman–Crippen LogP) is 4.88. The maximum Gasteiger partial charge on any atom is 0.339 e. The molecule has 208 valence electrons. The number of amides is 2. The second kappa shape index (κ2) is 12.0. The van der Waals surface area contributed by atoms with Gasteiger partial charge in [-0.25, -0.2) is 4.79 Å². The van der Waals surface area contributed by atoms with Crippen molar-refractivity contribution >= 4 is 37.6 Å². The minimum absolute atomic E-state index is 0.0429. The van der Waals surface area contributed by atoms with Crippen molar-refractivity contribution in [1.82, 2.24) is 0 Å². The topological polar surface area (TPSA) is 146 Å². The van der Waals surface area contributed by atoms with Crippen LogP contribution in [-0.2, 0) is 20.2 Å². The zero-order valence-electron chi connectivity index (χ0n) is 21.2. The van der Waals surface area contributed by atoms with E-state index in [-0.39, 0.29) is 32.7 Å². The van der Waals surface area contributed by atoms with Crippen LogP contribution in [0.25, 0.3) is 0 Å². The number of rotatable bonds is 10. The molecule has 4 aromatic carbocycles. The van der Waals surface area contributed by atoms with Crippen LogP contribution in [-0.4, -0.2) is 37.1 Å². The Kier molecular flexibility index (Phi) is 8.46. The average Bonchev–Trinajstić information content (AvgIpc) is 2.95. The molecule has 4 rings (SSSR count). The van der Waals surface area contributed by atoms with Crippen LogP contribution in [0.15, 0.2) is 107 Å². The van der Waals surface area contributed by atoms with Gasteiger partial charge >= 0.3 is 26.3 Å². The molecule has 0 aromatic heterocycles. The molecule has 0 saturated heterocycles. The fraction of sp³-hybridized carbons (Fsp3) is 0.0741. The number of nitrogens with one attached hydrogen (secondary N) is 2. The van der Waals surface area contributed by atoms with Gasteiger partial charge in [-0.2, -0.15) is 16.8 Å². The highest BCUT2D eigenvalue weighted by Gasteiger charge is 2.21. The normalized spacial score (nSPS) is 11.2. The third-order valence-electron chi connectivity index (χ3n) is 5.37. The first-order chi connectivity index (χ1) is 19.1. The fourth-order valence-electron chi connectivity index (χ4n) is 3.38. The van der Waals surface area contributed by atoms with Crippen LogP contribution in [0.5, 0.6) is 23.0 Å². The van der Waals surface area contributed by atoms with E-state index in [2.05, 4.69) is 10.6 Å². The molecule has 0 bridgehead atoms. The van der Waals surface area contributed by atoms with Gasteiger partial charge in [0.15, 0.2) is 11.5 Å². The Morgan fingerprint density at radius 3 is 1.25 bits per heavy atom. The first kappa shape index (κ1) is 28.3. The lowest BCUT2D eigenvalue weighted by Crippen LogP contribution is -2.21. The lowest BCUT2D eigenvalue weighted by Gasteiger charge is -2.15. The number of anilines is 2. The Hall–Kier alpha value is -4.75. The summed E-state index contributed by atoms with van der Waals surface area (Å²) < 4.78 is 71.8. The molecule has 0 aliphatic carbocycles. The smallest absolute Gasteiger partial charge is 0.339 e. The SMILES string of the molecule is COc1ccc(S(=O)(=O)Oc2ccccc2NC(=O)Nc2ccccc2OS(=O)(=O)c2ccc(OC)cc2)cc1. The van der Waals surface area contributed by atoms with Gasteiger partial charge in [-0.1, -0.05) is 24.3 Å². The Labute approximate surface area is 231 Å². The summed E-state index contributed by atoms with van der Waals surface area (Å²) in [5, 5.41) is 5.01. The molecule has 2 amide bonds. The van der Waals surface area contributed by atoms with Gasteiger partial charge in [-0.05, 0) is 72.8 Å². The van der Waals surface area contributed by atoms with Crippen molar-refractivity contribution in [3.8, 4) is 23.0 Å². The lowest BCUT2D eigenvalue weighted by atomic mass is 10.3. The molecule has 40 heavy (non-hydrogen) atoms. The van der Waals surface area contributed by atoms with Crippen LogP contribution in [0, 0.1) is 0 Å². The maximum atomic E-state index is 12.8. The molecular weight excluding hydrogens is 560 g/mol. The van der Waals surface area contributed by atoms with Gasteiger partial charge in [0.2, 0.25) is 0 Å². The molecule has 0 spiro atoms. The van der Waals surface area contributed by atoms with Gasteiger partial charge in [0.05, 0.1) is 25.6 Å². The highest BCUT2D eigenvalue weighted by Crippen LogP contribution is 2.30. The number of benzene rings is 4. The molecule has 4 aromatic rings. The van der Waals surface area contributed by atoms with E-state index in [0.29, 0.717) is 11.5 Å². The summed E-state index contributed by atoms with van der Waals surface area (Å²) in [6.07, 6.45) is 0. The number of ether oxygens (including phenoxy) is 2. The fourth-order valence-corrected chi connectivity index (χ4v) is 5.27. The first-order valence-corrected chi connectivity index (χ1v) is 14.4. The molecule has 11 nitrogen and oxygen atoms in total. The van der Waals surface area contributed by atoms with Gasteiger partial charge in [-0.15, -0.1) is 0 Å². The number of methoxy groups -OCH3 is 2. The minimum Gasteiger partial charge on any atom is -0.497 e. The molecule has 13 heteroatoms. The third kappa shape index (κ3) is 6.81. The summed E-state index contributed by atoms with van der Waals surface area (Å²) in [5.41, 5.74) is 0.0858. The Balaban J connectivity index is 1.49. The molecule has 0 aliphatic heterocycles. The van der Waals surface area contributed by atoms with E-state index < -0.39 is 26.3 Å². The molecule has 0 aliphatic rings. The van der Waals surface area contributed by atoms with Gasteiger partial charge in [0, 0.05) is 0 Å². The van der Waals surface area contributed by atoms with Crippen molar-refractivity contribution in [3.05, 3.63) is 97.1 Å². The van der Waals surface area contributed by atoms with E-state index in [9.17, 15) is 21.6 Å². The molecule has 0 heterocycles. The van der Waals surface area contributed by atoms with Crippen molar-refractivity contribution in [1.29, 1.82) is 0 Å². The van der Waals surface area contributed by atoms with E-state index in [1.165, 1.54) is 99.1 Å². The number of para-hydroxylation sites is 4. The summed E-state index contributed by atoms with van der Waals surface area (Å²) in [7, 11) is -5.56. The third-order valence-corrected chi connectivity index (χ3v) is 7.86. The zero-order valence-corrected chi connectivity index (χ0v) is 22.9. The van der Waals surface area contributed by atoms with Gasteiger partial charge in [-0.3, -0.25) is 0 Å². The summed E-state index contributed by atoms with van der Waals surface area (Å²) in [6.45, 7) is 0. The predicted molar refractivity (Wildman–Crippen MR) is 147 cm³/mol. The molecule has 0 atom stereocenters. The Morgan fingerprint density at radius 1 is 0.550 bits per heavy atom. The van der Waals surface area contributed by atoms with Gasteiger partial charge < -0.3 is 28.5 Å². The molecular formula is C27H24N2O9S2. The van der Waals surface area contributed by atoms with E-state index in [1.54, 1.807) is 12.1 Å². The lowest BCUT2D eigenvalue weighted by molar-refractivity contribution is 0.262.